The second-order valence-corrected chi connectivity index (χ2v) is 5.48. The van der Waals surface area contributed by atoms with Gasteiger partial charge in [-0.2, -0.15) is 14.6 Å². The van der Waals surface area contributed by atoms with E-state index in [0.717, 1.165) is 4.57 Å². The molecule has 2 aromatic heterocycles. The van der Waals surface area contributed by atoms with E-state index in [1.165, 1.54) is 12.1 Å². The van der Waals surface area contributed by atoms with Crippen molar-refractivity contribution in [1.29, 1.82) is 5.26 Å². The molecule has 0 bridgehead atoms. The summed E-state index contributed by atoms with van der Waals surface area (Å²) < 4.78 is 25.4. The highest BCUT2D eigenvalue weighted by Gasteiger charge is 2.39. The van der Waals surface area contributed by atoms with Crippen LogP contribution in [0.5, 0.6) is 11.8 Å². The fourth-order valence-corrected chi connectivity index (χ4v) is 2.58. The van der Waals surface area contributed by atoms with Gasteiger partial charge in [0.05, 0.1) is 12.8 Å². The molecule has 3 N–H and O–H groups in total. The molecule has 0 aromatic carbocycles. The van der Waals surface area contributed by atoms with Crippen LogP contribution in [0, 0.1) is 17.1 Å². The molecule has 3 heterocycles. The van der Waals surface area contributed by atoms with E-state index in [0.29, 0.717) is 6.20 Å². The maximum Gasteiger partial charge on any atom is 0.330 e. The minimum Gasteiger partial charge on any atom is -0.493 e. The highest BCUT2D eigenvalue weighted by atomic mass is 19.1. The first-order chi connectivity index (χ1) is 12.4. The molecule has 0 aliphatic carbocycles. The monoisotopic (exact) mass is 364 g/mol. The molecule has 26 heavy (non-hydrogen) atoms. The summed E-state index contributed by atoms with van der Waals surface area (Å²) >= 11 is 0. The Balaban J connectivity index is 1.88. The van der Waals surface area contributed by atoms with Crippen LogP contribution in [-0.4, -0.2) is 43.6 Å². The predicted octanol–water partition coefficient (Wildman–Crippen LogP) is -0.625. The van der Waals surface area contributed by atoms with Gasteiger partial charge in [-0.25, -0.2) is 4.79 Å². The quantitative estimate of drug-likeness (QED) is 0.649. The third kappa shape index (κ3) is 3.28. The summed E-state index contributed by atoms with van der Waals surface area (Å²) in [5.41, 5.74) is -1.99. The maximum absolute atomic E-state index is 13.5. The summed E-state index contributed by atoms with van der Waals surface area (Å²) in [5, 5.41) is 28.0. The molecule has 136 valence electrons. The lowest BCUT2D eigenvalue weighted by Gasteiger charge is -2.17. The van der Waals surface area contributed by atoms with Crippen LogP contribution in [0.2, 0.25) is 0 Å². The summed E-state index contributed by atoms with van der Waals surface area (Å²) in [6.45, 7) is -0.484. The zero-order chi connectivity index (χ0) is 18.8. The molecular weight excluding hydrogens is 351 g/mol. The molecule has 11 heteroatoms. The number of hydrogen-bond donors (Lipinski definition) is 3. The van der Waals surface area contributed by atoms with Gasteiger partial charge in [-0.15, -0.1) is 0 Å². The average molecular weight is 364 g/mol. The standard InChI is InChI=1S/C15H13FN4O6/c16-8-5-20(15(24)19-13(8)23)12-3-9(10(6-21)25-12)26-14-7(4-17)1-2-11(22)18-14/h1-2,5,9-10,12,21H,3,6H2,(H,18,22)(H,19,23,24)/t9-,10+,12+/m0/s1. The number of H-pyrrole nitrogens is 1. The normalized spacial score (nSPS) is 22.1. The van der Waals surface area contributed by atoms with Crippen LogP contribution in [-0.2, 0) is 4.74 Å². The van der Waals surface area contributed by atoms with Crippen molar-refractivity contribution in [1.82, 2.24) is 14.5 Å². The highest BCUT2D eigenvalue weighted by Crippen LogP contribution is 2.31. The Kier molecular flexibility index (Phi) is 4.70. The number of aromatic amines is 1. The number of ether oxygens (including phenoxy) is 2. The van der Waals surface area contributed by atoms with Gasteiger partial charge in [-0.3, -0.25) is 14.3 Å². The number of halogens is 1. The fraction of sp³-hybridized carbons (Fsp3) is 0.333. The Labute approximate surface area is 144 Å². The first-order valence-electron chi connectivity index (χ1n) is 7.47. The van der Waals surface area contributed by atoms with Crippen LogP contribution < -0.4 is 16.0 Å². The minimum atomic E-state index is -1.17. The summed E-state index contributed by atoms with van der Waals surface area (Å²) in [6.07, 6.45) is -2.06. The molecule has 3 atom stereocenters. The number of aliphatic hydroxyl groups excluding tert-OH is 1. The van der Waals surface area contributed by atoms with Crippen molar-refractivity contribution < 1.29 is 24.1 Å². The minimum absolute atomic E-state index is 0.00117. The Morgan fingerprint density at radius 3 is 2.96 bits per heavy atom. The summed E-state index contributed by atoms with van der Waals surface area (Å²) in [6, 6.07) is 4.37. The van der Waals surface area contributed by atoms with E-state index < -0.39 is 42.1 Å². The van der Waals surface area contributed by atoms with Gasteiger partial charge in [0.2, 0.25) is 17.6 Å². The zero-order valence-corrected chi connectivity index (χ0v) is 13.1. The number of aliphatic hydroxyl groups is 1. The number of aromatic hydroxyl groups is 1. The van der Waals surface area contributed by atoms with Crippen molar-refractivity contribution >= 4 is 0 Å². The maximum atomic E-state index is 13.5. The van der Waals surface area contributed by atoms with Crippen LogP contribution in [0.25, 0.3) is 0 Å². The molecule has 10 nitrogen and oxygen atoms in total. The van der Waals surface area contributed by atoms with Gasteiger partial charge in [0, 0.05) is 12.5 Å². The molecule has 0 amide bonds. The van der Waals surface area contributed by atoms with Gasteiger partial charge in [0.25, 0.3) is 5.56 Å². The number of nitrogens with zero attached hydrogens (tertiary/aromatic N) is 3. The molecule has 0 saturated carbocycles. The van der Waals surface area contributed by atoms with Crippen molar-refractivity contribution in [2.45, 2.75) is 24.9 Å². The summed E-state index contributed by atoms with van der Waals surface area (Å²) in [4.78, 5) is 28.5. The van der Waals surface area contributed by atoms with Crippen molar-refractivity contribution in [2.75, 3.05) is 6.61 Å². The van der Waals surface area contributed by atoms with Crippen LogP contribution in [0.1, 0.15) is 18.2 Å². The van der Waals surface area contributed by atoms with Crippen molar-refractivity contribution in [3.8, 4) is 17.8 Å². The predicted molar refractivity (Wildman–Crippen MR) is 81.9 cm³/mol. The lowest BCUT2D eigenvalue weighted by Crippen LogP contribution is -2.34. The molecule has 0 unspecified atom stereocenters. The van der Waals surface area contributed by atoms with Crippen LogP contribution in [0.15, 0.2) is 27.9 Å². The van der Waals surface area contributed by atoms with Gasteiger partial charge >= 0.3 is 5.69 Å². The zero-order valence-electron chi connectivity index (χ0n) is 13.1. The van der Waals surface area contributed by atoms with Crippen molar-refractivity contribution in [3.05, 3.63) is 50.5 Å². The van der Waals surface area contributed by atoms with Crippen LogP contribution in [0.3, 0.4) is 0 Å². The smallest absolute Gasteiger partial charge is 0.330 e. The van der Waals surface area contributed by atoms with Gasteiger partial charge in [0.1, 0.15) is 30.1 Å². The fourth-order valence-electron chi connectivity index (χ4n) is 2.58. The van der Waals surface area contributed by atoms with Gasteiger partial charge in [0.15, 0.2) is 0 Å². The first-order valence-corrected chi connectivity index (χ1v) is 7.47. The largest absolute Gasteiger partial charge is 0.493 e. The molecule has 1 aliphatic heterocycles. The third-order valence-corrected chi connectivity index (χ3v) is 3.82. The number of pyridine rings is 1. The van der Waals surface area contributed by atoms with Crippen LogP contribution in [0.4, 0.5) is 4.39 Å². The lowest BCUT2D eigenvalue weighted by molar-refractivity contribution is -0.0430. The van der Waals surface area contributed by atoms with Crippen molar-refractivity contribution in [3.63, 3.8) is 0 Å². The van der Waals surface area contributed by atoms with Crippen molar-refractivity contribution in [2.24, 2.45) is 0 Å². The molecule has 0 radical (unpaired) electrons. The second-order valence-electron chi connectivity index (χ2n) is 5.48. The SMILES string of the molecule is N#Cc1ccc(O)nc1O[C@H]1C[C@H](n2cc(F)c(=O)[nH]c2=O)O[C@@H]1CO. The molecule has 1 fully saturated rings. The van der Waals surface area contributed by atoms with Gasteiger partial charge in [-0.1, -0.05) is 0 Å². The topological polar surface area (TPSA) is 150 Å². The average Bonchev–Trinajstić information content (AvgIpc) is 3.01. The lowest BCUT2D eigenvalue weighted by atomic mass is 10.2. The van der Waals surface area contributed by atoms with E-state index in [9.17, 15) is 24.2 Å². The van der Waals surface area contributed by atoms with E-state index in [2.05, 4.69) is 4.98 Å². The third-order valence-electron chi connectivity index (χ3n) is 3.82. The highest BCUT2D eigenvalue weighted by molar-refractivity contribution is 5.40. The number of nitriles is 1. The Morgan fingerprint density at radius 2 is 2.27 bits per heavy atom. The number of rotatable bonds is 4. The van der Waals surface area contributed by atoms with Crippen LogP contribution >= 0.6 is 0 Å². The molecule has 2 aromatic rings. The Morgan fingerprint density at radius 1 is 1.50 bits per heavy atom. The van der Waals surface area contributed by atoms with E-state index in [4.69, 9.17) is 14.7 Å². The summed E-state index contributed by atoms with van der Waals surface area (Å²) in [7, 11) is 0. The molecule has 1 aliphatic rings. The van der Waals surface area contributed by atoms with E-state index in [1.54, 1.807) is 0 Å². The number of aromatic nitrogens is 3. The number of nitrogens with one attached hydrogen (secondary N) is 1. The van der Waals surface area contributed by atoms with Gasteiger partial charge in [-0.05, 0) is 6.07 Å². The van der Waals surface area contributed by atoms with E-state index in [1.807, 2.05) is 11.1 Å². The molecule has 3 rings (SSSR count). The Bertz CT molecular complexity index is 981. The summed E-state index contributed by atoms with van der Waals surface area (Å²) in [5.74, 6) is -1.70. The number of hydrogen-bond acceptors (Lipinski definition) is 8. The van der Waals surface area contributed by atoms with E-state index >= 15 is 0 Å². The molecule has 0 spiro atoms. The van der Waals surface area contributed by atoms with Gasteiger partial charge < -0.3 is 19.7 Å². The Hall–Kier alpha value is -3.23. The molecular formula is C15H13FN4O6. The first kappa shape index (κ1) is 17.6. The van der Waals surface area contributed by atoms with E-state index in [-0.39, 0.29) is 23.7 Å². The second kappa shape index (κ2) is 6.95. The molecule has 1 saturated heterocycles.